The van der Waals surface area contributed by atoms with Crippen molar-refractivity contribution in [2.45, 2.75) is 6.54 Å². The minimum atomic E-state index is -0.611. The van der Waals surface area contributed by atoms with E-state index in [-0.39, 0.29) is 11.8 Å². The Kier molecular flexibility index (Phi) is 5.11. The zero-order valence-corrected chi connectivity index (χ0v) is 13.5. The summed E-state index contributed by atoms with van der Waals surface area (Å²) in [5.41, 5.74) is 1.15. The van der Waals surface area contributed by atoms with Crippen molar-refractivity contribution in [2.24, 2.45) is 0 Å². The quantitative estimate of drug-likeness (QED) is 0.924. The third kappa shape index (κ3) is 4.23. The van der Waals surface area contributed by atoms with E-state index in [4.69, 9.17) is 0 Å². The highest BCUT2D eigenvalue weighted by Gasteiger charge is 2.22. The Morgan fingerprint density at radius 1 is 0.920 bits per heavy atom. The normalized spacial score (nSPS) is 14.5. The van der Waals surface area contributed by atoms with Gasteiger partial charge in [0, 0.05) is 38.8 Å². The Bertz CT molecular complexity index is 744. The highest BCUT2D eigenvalue weighted by molar-refractivity contribution is 5.74. The SMILES string of the molecule is O=C(NCc1ccc(F)cc1)N1CCN(c2ccc(F)cc2F)CC1. The Balaban J connectivity index is 1.51. The molecule has 25 heavy (non-hydrogen) atoms. The molecule has 0 atom stereocenters. The monoisotopic (exact) mass is 349 g/mol. The van der Waals surface area contributed by atoms with E-state index in [0.29, 0.717) is 38.4 Å². The predicted octanol–water partition coefficient (Wildman–Crippen LogP) is 3.14. The highest BCUT2D eigenvalue weighted by Crippen LogP contribution is 2.21. The number of rotatable bonds is 3. The second kappa shape index (κ2) is 7.46. The van der Waals surface area contributed by atoms with Crippen LogP contribution in [-0.2, 0) is 6.54 Å². The van der Waals surface area contributed by atoms with Gasteiger partial charge >= 0.3 is 6.03 Å². The number of carbonyl (C=O) groups is 1. The van der Waals surface area contributed by atoms with E-state index in [1.807, 2.05) is 0 Å². The maximum absolute atomic E-state index is 13.8. The number of halogens is 3. The Labute approximate surface area is 143 Å². The van der Waals surface area contributed by atoms with E-state index in [9.17, 15) is 18.0 Å². The van der Waals surface area contributed by atoms with Crippen LogP contribution in [0.1, 0.15) is 5.56 Å². The summed E-state index contributed by atoms with van der Waals surface area (Å²) in [4.78, 5) is 15.6. The molecule has 0 saturated carbocycles. The third-order valence-electron chi connectivity index (χ3n) is 4.17. The van der Waals surface area contributed by atoms with Crippen LogP contribution in [0.5, 0.6) is 0 Å². The lowest BCUT2D eigenvalue weighted by Crippen LogP contribution is -2.51. The van der Waals surface area contributed by atoms with E-state index in [0.717, 1.165) is 11.6 Å². The fourth-order valence-electron chi connectivity index (χ4n) is 2.78. The van der Waals surface area contributed by atoms with E-state index < -0.39 is 11.6 Å². The van der Waals surface area contributed by atoms with Crippen molar-refractivity contribution in [3.63, 3.8) is 0 Å². The standard InChI is InChI=1S/C18H18F3N3O/c19-14-3-1-13(2-4-14)12-22-18(25)24-9-7-23(8-10-24)17-6-5-15(20)11-16(17)21/h1-6,11H,7-10,12H2,(H,22,25). The number of urea groups is 1. The molecule has 1 heterocycles. The highest BCUT2D eigenvalue weighted by atomic mass is 19.1. The van der Waals surface area contributed by atoms with Crippen LogP contribution in [0.3, 0.4) is 0 Å². The number of hydrogen-bond donors (Lipinski definition) is 1. The summed E-state index contributed by atoms with van der Waals surface area (Å²) in [6, 6.07) is 9.19. The Morgan fingerprint density at radius 2 is 1.56 bits per heavy atom. The lowest BCUT2D eigenvalue weighted by atomic mass is 10.2. The van der Waals surface area contributed by atoms with E-state index in [1.54, 1.807) is 21.9 Å². The molecule has 1 aliphatic rings. The summed E-state index contributed by atoms with van der Waals surface area (Å²) in [5, 5.41) is 2.78. The van der Waals surface area contributed by atoms with Gasteiger partial charge in [0.05, 0.1) is 5.69 Å². The van der Waals surface area contributed by atoms with Gasteiger partial charge in [-0.25, -0.2) is 18.0 Å². The van der Waals surface area contributed by atoms with Gasteiger partial charge in [-0.2, -0.15) is 0 Å². The molecule has 1 aliphatic heterocycles. The van der Waals surface area contributed by atoms with Gasteiger partial charge in [-0.3, -0.25) is 0 Å². The molecule has 1 N–H and O–H groups in total. The van der Waals surface area contributed by atoms with Crippen molar-refractivity contribution in [3.8, 4) is 0 Å². The summed E-state index contributed by atoms with van der Waals surface area (Å²) in [7, 11) is 0. The van der Waals surface area contributed by atoms with Crippen LogP contribution in [0.2, 0.25) is 0 Å². The Morgan fingerprint density at radius 3 is 2.20 bits per heavy atom. The number of carbonyl (C=O) groups excluding carboxylic acids is 1. The van der Waals surface area contributed by atoms with Gasteiger partial charge in [-0.15, -0.1) is 0 Å². The first-order valence-electron chi connectivity index (χ1n) is 8.00. The molecule has 2 amide bonds. The minimum Gasteiger partial charge on any atom is -0.366 e. The van der Waals surface area contributed by atoms with Crippen molar-refractivity contribution >= 4 is 11.7 Å². The number of amides is 2. The molecular weight excluding hydrogens is 331 g/mol. The number of piperazine rings is 1. The molecular formula is C18H18F3N3O. The predicted molar refractivity (Wildman–Crippen MR) is 88.8 cm³/mol. The fraction of sp³-hybridized carbons (Fsp3) is 0.278. The maximum atomic E-state index is 13.8. The first-order valence-corrected chi connectivity index (χ1v) is 8.00. The van der Waals surface area contributed by atoms with Crippen LogP contribution < -0.4 is 10.2 Å². The molecule has 0 radical (unpaired) electrons. The topological polar surface area (TPSA) is 35.6 Å². The van der Waals surface area contributed by atoms with Crippen LogP contribution in [0, 0.1) is 17.5 Å². The number of anilines is 1. The van der Waals surface area contributed by atoms with E-state index >= 15 is 0 Å². The molecule has 7 heteroatoms. The number of benzene rings is 2. The van der Waals surface area contributed by atoms with Crippen LogP contribution in [-0.4, -0.2) is 37.1 Å². The van der Waals surface area contributed by atoms with Gasteiger partial charge in [0.2, 0.25) is 0 Å². The molecule has 0 bridgehead atoms. The zero-order chi connectivity index (χ0) is 17.8. The third-order valence-corrected chi connectivity index (χ3v) is 4.17. The zero-order valence-electron chi connectivity index (χ0n) is 13.5. The van der Waals surface area contributed by atoms with E-state index in [1.165, 1.54) is 24.3 Å². The molecule has 0 aromatic heterocycles. The molecule has 1 fully saturated rings. The molecule has 132 valence electrons. The van der Waals surface area contributed by atoms with Crippen molar-refractivity contribution in [2.75, 3.05) is 31.1 Å². The average molecular weight is 349 g/mol. The second-order valence-corrected chi connectivity index (χ2v) is 5.86. The minimum absolute atomic E-state index is 0.219. The fourth-order valence-corrected chi connectivity index (χ4v) is 2.78. The van der Waals surface area contributed by atoms with Crippen molar-refractivity contribution in [1.82, 2.24) is 10.2 Å². The lowest BCUT2D eigenvalue weighted by Gasteiger charge is -2.36. The Hall–Kier alpha value is -2.70. The summed E-state index contributed by atoms with van der Waals surface area (Å²) in [6.45, 7) is 2.11. The first kappa shape index (κ1) is 17.1. The van der Waals surface area contributed by atoms with Gasteiger partial charge in [-0.05, 0) is 29.8 Å². The second-order valence-electron chi connectivity index (χ2n) is 5.86. The average Bonchev–Trinajstić information content (AvgIpc) is 2.61. The van der Waals surface area contributed by atoms with Gasteiger partial charge in [0.1, 0.15) is 17.5 Å². The largest absolute Gasteiger partial charge is 0.366 e. The summed E-state index contributed by atoms with van der Waals surface area (Å²) in [6.07, 6.45) is 0. The lowest BCUT2D eigenvalue weighted by molar-refractivity contribution is 0.194. The number of nitrogens with zero attached hydrogens (tertiary/aromatic N) is 2. The smallest absolute Gasteiger partial charge is 0.317 e. The van der Waals surface area contributed by atoms with Crippen molar-refractivity contribution in [1.29, 1.82) is 0 Å². The molecule has 0 spiro atoms. The molecule has 3 rings (SSSR count). The molecule has 0 aliphatic carbocycles. The molecule has 2 aromatic rings. The van der Waals surface area contributed by atoms with Crippen LogP contribution in [0.25, 0.3) is 0 Å². The van der Waals surface area contributed by atoms with Crippen LogP contribution in [0.4, 0.5) is 23.7 Å². The van der Waals surface area contributed by atoms with Crippen molar-refractivity contribution in [3.05, 3.63) is 65.5 Å². The number of hydrogen-bond acceptors (Lipinski definition) is 2. The first-order chi connectivity index (χ1) is 12.0. The van der Waals surface area contributed by atoms with Gasteiger partial charge in [0.15, 0.2) is 0 Å². The summed E-state index contributed by atoms with van der Waals surface area (Å²) in [5.74, 6) is -1.53. The van der Waals surface area contributed by atoms with Crippen LogP contribution >= 0.6 is 0 Å². The van der Waals surface area contributed by atoms with Crippen LogP contribution in [0.15, 0.2) is 42.5 Å². The molecule has 2 aromatic carbocycles. The number of nitrogens with one attached hydrogen (secondary N) is 1. The van der Waals surface area contributed by atoms with Gasteiger partial charge in [-0.1, -0.05) is 12.1 Å². The van der Waals surface area contributed by atoms with Crippen molar-refractivity contribution < 1.29 is 18.0 Å². The summed E-state index contributed by atoms with van der Waals surface area (Å²) < 4.78 is 39.7. The van der Waals surface area contributed by atoms with E-state index in [2.05, 4.69) is 5.32 Å². The molecule has 1 saturated heterocycles. The summed E-state index contributed by atoms with van der Waals surface area (Å²) >= 11 is 0. The van der Waals surface area contributed by atoms with Gasteiger partial charge in [0.25, 0.3) is 0 Å². The maximum Gasteiger partial charge on any atom is 0.317 e. The van der Waals surface area contributed by atoms with Gasteiger partial charge < -0.3 is 15.1 Å². The molecule has 0 unspecified atom stereocenters. The molecule has 4 nitrogen and oxygen atoms in total.